The van der Waals surface area contributed by atoms with Crippen molar-refractivity contribution >= 4 is 22.0 Å². The van der Waals surface area contributed by atoms with E-state index in [4.69, 9.17) is 4.74 Å². The zero-order valence-electron chi connectivity index (χ0n) is 19.3. The zero-order chi connectivity index (χ0) is 25.1. The van der Waals surface area contributed by atoms with Gasteiger partial charge in [-0.3, -0.25) is 0 Å². The van der Waals surface area contributed by atoms with E-state index >= 15 is 0 Å². The van der Waals surface area contributed by atoms with Crippen LogP contribution in [-0.2, 0) is 20.8 Å². The van der Waals surface area contributed by atoms with Crippen molar-refractivity contribution in [1.29, 1.82) is 0 Å². The van der Waals surface area contributed by atoms with Crippen LogP contribution in [0.1, 0.15) is 36.8 Å². The van der Waals surface area contributed by atoms with Crippen molar-refractivity contribution < 1.29 is 35.9 Å². The molecule has 0 aromatic heterocycles. The van der Waals surface area contributed by atoms with Crippen LogP contribution in [0, 0.1) is 0 Å². The molecule has 3 amide bonds. The summed E-state index contributed by atoms with van der Waals surface area (Å²) in [6.45, 7) is 2.93. The number of carbonyl (C=O) groups excluding carboxylic acids is 2. The van der Waals surface area contributed by atoms with Crippen LogP contribution in [0.3, 0.4) is 0 Å². The molecule has 8 nitrogen and oxygen atoms in total. The molecule has 2 aliphatic rings. The Bertz CT molecular complexity index is 970. The number of amides is 3. The maximum absolute atomic E-state index is 13.2. The molecule has 2 saturated heterocycles. The van der Waals surface area contributed by atoms with Gasteiger partial charge < -0.3 is 19.4 Å². The van der Waals surface area contributed by atoms with Crippen LogP contribution in [0.25, 0.3) is 0 Å². The minimum Gasteiger partial charge on any atom is -0.444 e. The van der Waals surface area contributed by atoms with Crippen molar-refractivity contribution in [2.24, 2.45) is 0 Å². The third-order valence-corrected chi connectivity index (χ3v) is 7.75. The molecule has 2 atom stereocenters. The van der Waals surface area contributed by atoms with E-state index in [9.17, 15) is 31.2 Å². The lowest BCUT2D eigenvalue weighted by Gasteiger charge is -2.41. The maximum Gasteiger partial charge on any atom is 0.416 e. The standard InChI is InChI=1S/C22H30F3N3O5S/c1-3-8-26(2)21(30)33-19-13-17(16-4-6-18(7-5-16)22(23,24)25)14-28(15-19)20(29)27-9-11-34(31,32)12-10-27/h4-7,17,19H,3,8-15H2,1-2H3. The van der Waals surface area contributed by atoms with Gasteiger partial charge in [-0.25, -0.2) is 18.0 Å². The molecule has 2 heterocycles. The number of nitrogens with zero attached hydrogens (tertiary/aromatic N) is 3. The Kier molecular flexibility index (Phi) is 7.99. The Labute approximate surface area is 197 Å². The van der Waals surface area contributed by atoms with Gasteiger partial charge in [-0.05, 0) is 30.5 Å². The Morgan fingerprint density at radius 1 is 1.09 bits per heavy atom. The molecule has 1 aromatic carbocycles. The highest BCUT2D eigenvalue weighted by atomic mass is 32.2. The Balaban J connectivity index is 1.78. The number of piperidine rings is 1. The smallest absolute Gasteiger partial charge is 0.416 e. The van der Waals surface area contributed by atoms with Gasteiger partial charge >= 0.3 is 18.3 Å². The van der Waals surface area contributed by atoms with Crippen molar-refractivity contribution in [2.75, 3.05) is 51.3 Å². The lowest BCUT2D eigenvalue weighted by atomic mass is 9.88. The van der Waals surface area contributed by atoms with Crippen LogP contribution in [0.2, 0.25) is 0 Å². The topological polar surface area (TPSA) is 87.2 Å². The molecule has 0 N–H and O–H groups in total. The number of likely N-dealkylation sites (tertiary alicyclic amines) is 1. The van der Waals surface area contributed by atoms with Crippen molar-refractivity contribution in [2.45, 2.75) is 38.0 Å². The number of hydrogen-bond acceptors (Lipinski definition) is 5. The number of sulfone groups is 1. The van der Waals surface area contributed by atoms with Gasteiger partial charge in [0.2, 0.25) is 0 Å². The first kappa shape index (κ1) is 26.1. The van der Waals surface area contributed by atoms with E-state index in [1.807, 2.05) is 6.92 Å². The molecule has 2 unspecified atom stereocenters. The highest BCUT2D eigenvalue weighted by Gasteiger charge is 2.37. The van der Waals surface area contributed by atoms with E-state index in [0.29, 0.717) is 18.5 Å². The number of urea groups is 1. The summed E-state index contributed by atoms with van der Waals surface area (Å²) in [5.74, 6) is -0.577. The average molecular weight is 506 g/mol. The van der Waals surface area contributed by atoms with Gasteiger partial charge in [0.15, 0.2) is 9.84 Å². The van der Waals surface area contributed by atoms with Crippen LogP contribution < -0.4 is 0 Å². The van der Waals surface area contributed by atoms with E-state index in [-0.39, 0.29) is 49.6 Å². The largest absolute Gasteiger partial charge is 0.444 e. The fraction of sp³-hybridized carbons (Fsp3) is 0.636. The highest BCUT2D eigenvalue weighted by Crippen LogP contribution is 2.33. The number of alkyl halides is 3. The summed E-state index contributed by atoms with van der Waals surface area (Å²) < 4.78 is 68.0. The van der Waals surface area contributed by atoms with Gasteiger partial charge in [-0.1, -0.05) is 19.1 Å². The summed E-state index contributed by atoms with van der Waals surface area (Å²) in [5.41, 5.74) is -0.159. The first-order chi connectivity index (χ1) is 15.9. The SMILES string of the molecule is CCCN(C)C(=O)OC1CC(c2ccc(C(F)(F)F)cc2)CN(C(=O)N2CCS(=O)(=O)CC2)C1. The normalized spacial score (nSPS) is 22.9. The predicted molar refractivity (Wildman–Crippen MR) is 119 cm³/mol. The maximum atomic E-state index is 13.2. The molecule has 12 heteroatoms. The summed E-state index contributed by atoms with van der Waals surface area (Å²) in [6.07, 6.45) is -4.53. The number of rotatable bonds is 4. The highest BCUT2D eigenvalue weighted by molar-refractivity contribution is 7.91. The molecule has 0 radical (unpaired) electrons. The third kappa shape index (κ3) is 6.55. The molecule has 2 fully saturated rings. The average Bonchev–Trinajstić information content (AvgIpc) is 2.78. The Morgan fingerprint density at radius 3 is 2.26 bits per heavy atom. The molecule has 2 aliphatic heterocycles. The fourth-order valence-corrected chi connectivity index (χ4v) is 5.44. The van der Waals surface area contributed by atoms with Crippen molar-refractivity contribution in [1.82, 2.24) is 14.7 Å². The van der Waals surface area contributed by atoms with E-state index in [1.165, 1.54) is 26.8 Å². The third-order valence-electron chi connectivity index (χ3n) is 6.15. The number of hydrogen-bond donors (Lipinski definition) is 0. The quantitative estimate of drug-likeness (QED) is 0.627. The van der Waals surface area contributed by atoms with Crippen LogP contribution in [0.4, 0.5) is 22.8 Å². The minimum absolute atomic E-state index is 0.0757. The monoisotopic (exact) mass is 505 g/mol. The molecule has 190 valence electrons. The lowest BCUT2D eigenvalue weighted by Crippen LogP contribution is -2.55. The van der Waals surface area contributed by atoms with Crippen molar-refractivity contribution in [3.05, 3.63) is 35.4 Å². The van der Waals surface area contributed by atoms with Gasteiger partial charge in [0.1, 0.15) is 6.10 Å². The van der Waals surface area contributed by atoms with Gasteiger partial charge in [0, 0.05) is 39.1 Å². The lowest BCUT2D eigenvalue weighted by molar-refractivity contribution is -0.137. The second-order valence-electron chi connectivity index (χ2n) is 8.81. The zero-order valence-corrected chi connectivity index (χ0v) is 20.1. The first-order valence-corrected chi connectivity index (χ1v) is 13.0. The summed E-state index contributed by atoms with van der Waals surface area (Å²) in [5, 5.41) is 0. The molecule has 0 saturated carbocycles. The molecular formula is C22H30F3N3O5S. The number of halogens is 3. The Hall–Kier alpha value is -2.50. The summed E-state index contributed by atoms with van der Waals surface area (Å²) in [7, 11) is -1.56. The van der Waals surface area contributed by atoms with Crippen molar-refractivity contribution in [3.63, 3.8) is 0 Å². The fourth-order valence-electron chi connectivity index (χ4n) is 4.24. The number of ether oxygens (including phenoxy) is 1. The van der Waals surface area contributed by atoms with Crippen molar-refractivity contribution in [3.8, 4) is 0 Å². The van der Waals surface area contributed by atoms with E-state index in [2.05, 4.69) is 0 Å². The van der Waals surface area contributed by atoms with Crippen LogP contribution in [0.5, 0.6) is 0 Å². The van der Waals surface area contributed by atoms with Gasteiger partial charge in [0.25, 0.3) is 0 Å². The summed E-state index contributed by atoms with van der Waals surface area (Å²) >= 11 is 0. The second-order valence-corrected chi connectivity index (χ2v) is 11.1. The van der Waals surface area contributed by atoms with Gasteiger partial charge in [-0.15, -0.1) is 0 Å². The summed E-state index contributed by atoms with van der Waals surface area (Å²) in [6, 6.07) is 4.41. The molecule has 3 rings (SSSR count). The number of benzene rings is 1. The Morgan fingerprint density at radius 2 is 1.71 bits per heavy atom. The molecule has 1 aromatic rings. The molecule has 0 spiro atoms. The van der Waals surface area contributed by atoms with E-state index < -0.39 is 33.8 Å². The van der Waals surface area contributed by atoms with Crippen LogP contribution in [-0.4, -0.2) is 92.6 Å². The minimum atomic E-state index is -4.45. The molecular weight excluding hydrogens is 475 g/mol. The van der Waals surface area contributed by atoms with Gasteiger partial charge in [0.05, 0.1) is 23.6 Å². The molecule has 0 aliphatic carbocycles. The first-order valence-electron chi connectivity index (χ1n) is 11.2. The van der Waals surface area contributed by atoms with Crippen LogP contribution in [0.15, 0.2) is 24.3 Å². The van der Waals surface area contributed by atoms with E-state index in [0.717, 1.165) is 18.6 Å². The molecule has 34 heavy (non-hydrogen) atoms. The number of carbonyl (C=O) groups is 2. The van der Waals surface area contributed by atoms with Gasteiger partial charge in [-0.2, -0.15) is 13.2 Å². The van der Waals surface area contributed by atoms with Crippen LogP contribution >= 0.6 is 0 Å². The predicted octanol–water partition coefficient (Wildman–Crippen LogP) is 3.19. The van der Waals surface area contributed by atoms with E-state index in [1.54, 1.807) is 7.05 Å². The second kappa shape index (κ2) is 10.4. The molecule has 0 bridgehead atoms. The summed E-state index contributed by atoms with van der Waals surface area (Å²) in [4.78, 5) is 30.0.